The molecule has 2 rings (SSSR count). The molecule has 0 bridgehead atoms. The number of hydrogen-bond acceptors (Lipinski definition) is 4. The minimum atomic E-state index is -0.853. The number of benzene rings is 2. The second-order valence-corrected chi connectivity index (χ2v) is 6.11. The normalized spacial score (nSPS) is 11.3. The van der Waals surface area contributed by atoms with E-state index in [-0.39, 0.29) is 19.6 Å². The van der Waals surface area contributed by atoms with Crippen LogP contribution < -0.4 is 11.1 Å². The molecule has 0 saturated carbocycles. The van der Waals surface area contributed by atoms with Gasteiger partial charge in [0.25, 0.3) is 0 Å². The van der Waals surface area contributed by atoms with E-state index in [1.807, 2.05) is 60.7 Å². The topological polar surface area (TPSA) is 102 Å². The van der Waals surface area contributed by atoms with Crippen molar-refractivity contribution in [2.24, 2.45) is 5.73 Å². The first-order valence-electron chi connectivity index (χ1n) is 8.50. The number of carbonyl (C=O) groups excluding carboxylic acids is 3. The van der Waals surface area contributed by atoms with E-state index in [2.05, 4.69) is 5.32 Å². The fourth-order valence-electron chi connectivity index (χ4n) is 2.42. The molecule has 27 heavy (non-hydrogen) atoms. The van der Waals surface area contributed by atoms with Crippen LogP contribution in [0.3, 0.4) is 0 Å². The molecule has 7 nitrogen and oxygen atoms in total. The maximum Gasteiger partial charge on any atom is 0.410 e. The van der Waals surface area contributed by atoms with Gasteiger partial charge in [0.05, 0.1) is 0 Å². The summed E-state index contributed by atoms with van der Waals surface area (Å²) in [5.41, 5.74) is 7.10. The number of nitrogens with one attached hydrogen (secondary N) is 1. The van der Waals surface area contributed by atoms with Gasteiger partial charge >= 0.3 is 6.09 Å². The van der Waals surface area contributed by atoms with Crippen molar-refractivity contribution in [1.29, 1.82) is 0 Å². The lowest BCUT2D eigenvalue weighted by Gasteiger charge is -2.19. The van der Waals surface area contributed by atoms with Gasteiger partial charge in [0, 0.05) is 13.5 Å². The molecule has 0 unspecified atom stereocenters. The number of nitrogens with zero attached hydrogens (tertiary/aromatic N) is 1. The molecule has 0 aliphatic carbocycles. The van der Waals surface area contributed by atoms with Crippen molar-refractivity contribution in [1.82, 2.24) is 10.2 Å². The number of primary amides is 1. The van der Waals surface area contributed by atoms with Crippen molar-refractivity contribution in [2.45, 2.75) is 19.1 Å². The highest BCUT2D eigenvalue weighted by atomic mass is 16.6. The van der Waals surface area contributed by atoms with Crippen molar-refractivity contribution in [3.8, 4) is 0 Å². The molecule has 0 fully saturated rings. The fraction of sp³-hybridized carbons (Fsp3) is 0.250. The van der Waals surface area contributed by atoms with Crippen LogP contribution in [-0.4, -0.2) is 42.4 Å². The fourth-order valence-corrected chi connectivity index (χ4v) is 2.42. The molecular formula is C20H23N3O4. The average molecular weight is 369 g/mol. The SMILES string of the molecule is CN(CC(=O)N[C@@H](Cc1ccccc1)C(N)=O)C(=O)OCc1ccccc1. The molecule has 0 saturated heterocycles. The predicted octanol–water partition coefficient (Wildman–Crippen LogP) is 1.47. The summed E-state index contributed by atoms with van der Waals surface area (Å²) in [6, 6.07) is 17.6. The average Bonchev–Trinajstić information content (AvgIpc) is 2.67. The molecule has 7 heteroatoms. The number of ether oxygens (including phenoxy) is 1. The highest BCUT2D eigenvalue weighted by Crippen LogP contribution is 2.04. The van der Waals surface area contributed by atoms with E-state index >= 15 is 0 Å². The Labute approximate surface area is 158 Å². The van der Waals surface area contributed by atoms with E-state index in [1.165, 1.54) is 7.05 Å². The molecule has 0 spiro atoms. The third-order valence-electron chi connectivity index (χ3n) is 3.86. The highest BCUT2D eigenvalue weighted by molar-refractivity contribution is 5.88. The summed E-state index contributed by atoms with van der Waals surface area (Å²) in [4.78, 5) is 36.9. The van der Waals surface area contributed by atoms with Crippen molar-refractivity contribution >= 4 is 17.9 Å². The third-order valence-corrected chi connectivity index (χ3v) is 3.86. The monoisotopic (exact) mass is 369 g/mol. The van der Waals surface area contributed by atoms with Crippen LogP contribution in [0.2, 0.25) is 0 Å². The molecule has 0 radical (unpaired) electrons. The Bertz CT molecular complexity index is 765. The second-order valence-electron chi connectivity index (χ2n) is 6.11. The van der Waals surface area contributed by atoms with Crippen LogP contribution >= 0.6 is 0 Å². The Morgan fingerprint density at radius 2 is 1.56 bits per heavy atom. The van der Waals surface area contributed by atoms with Crippen molar-refractivity contribution in [3.63, 3.8) is 0 Å². The van der Waals surface area contributed by atoms with Crippen molar-refractivity contribution in [3.05, 3.63) is 71.8 Å². The van der Waals surface area contributed by atoms with Crippen LogP contribution in [0.4, 0.5) is 4.79 Å². The highest BCUT2D eigenvalue weighted by Gasteiger charge is 2.21. The molecule has 3 N–H and O–H groups in total. The lowest BCUT2D eigenvalue weighted by Crippen LogP contribution is -2.49. The number of likely N-dealkylation sites (N-methyl/N-ethyl adjacent to an activating group) is 1. The maximum absolute atomic E-state index is 12.2. The molecule has 0 aliphatic heterocycles. The summed E-state index contributed by atoms with van der Waals surface area (Å²) in [5.74, 6) is -1.13. The van der Waals surface area contributed by atoms with Crippen LogP contribution in [-0.2, 0) is 27.4 Å². The summed E-state index contributed by atoms with van der Waals surface area (Å²) in [6.07, 6.45) is -0.350. The summed E-state index contributed by atoms with van der Waals surface area (Å²) in [7, 11) is 1.45. The molecule has 2 aromatic rings. The molecule has 0 heterocycles. The standard InChI is InChI=1S/C20H23N3O4/c1-23(20(26)27-14-16-10-6-3-7-11-16)13-18(24)22-17(19(21)25)12-15-8-4-2-5-9-15/h2-11,17H,12-14H2,1H3,(H2,21,25)(H,22,24)/t17-/m0/s1. The van der Waals surface area contributed by atoms with Gasteiger partial charge in [-0.3, -0.25) is 9.59 Å². The van der Waals surface area contributed by atoms with Crippen LogP contribution in [0.5, 0.6) is 0 Å². The lowest BCUT2D eigenvalue weighted by molar-refractivity contribution is -0.127. The van der Waals surface area contributed by atoms with E-state index in [1.54, 1.807) is 0 Å². The zero-order valence-corrected chi connectivity index (χ0v) is 15.1. The van der Waals surface area contributed by atoms with E-state index in [0.717, 1.165) is 16.0 Å². The van der Waals surface area contributed by atoms with Crippen LogP contribution in [0.1, 0.15) is 11.1 Å². The van der Waals surface area contributed by atoms with Gasteiger partial charge in [0.1, 0.15) is 19.2 Å². The van der Waals surface area contributed by atoms with Gasteiger partial charge in [0.2, 0.25) is 11.8 Å². The van der Waals surface area contributed by atoms with E-state index in [4.69, 9.17) is 10.5 Å². The lowest BCUT2D eigenvalue weighted by atomic mass is 10.1. The molecule has 2 aromatic carbocycles. The first kappa shape index (κ1) is 20.0. The first-order chi connectivity index (χ1) is 13.0. The van der Waals surface area contributed by atoms with Gasteiger partial charge < -0.3 is 20.7 Å². The zero-order chi connectivity index (χ0) is 19.6. The quantitative estimate of drug-likeness (QED) is 0.735. The second kappa shape index (κ2) is 9.96. The summed E-state index contributed by atoms with van der Waals surface area (Å²) in [6.45, 7) is -0.129. The Balaban J connectivity index is 1.83. The number of rotatable bonds is 8. The molecule has 142 valence electrons. The molecule has 1 atom stereocenters. The zero-order valence-electron chi connectivity index (χ0n) is 15.1. The van der Waals surface area contributed by atoms with E-state index < -0.39 is 23.9 Å². The largest absolute Gasteiger partial charge is 0.445 e. The van der Waals surface area contributed by atoms with Gasteiger partial charge in [0.15, 0.2) is 0 Å². The number of hydrogen-bond donors (Lipinski definition) is 2. The number of amides is 3. The minimum Gasteiger partial charge on any atom is -0.445 e. The van der Waals surface area contributed by atoms with Crippen LogP contribution in [0.25, 0.3) is 0 Å². The van der Waals surface area contributed by atoms with Gasteiger partial charge in [-0.1, -0.05) is 60.7 Å². The van der Waals surface area contributed by atoms with Crippen LogP contribution in [0, 0.1) is 0 Å². The Morgan fingerprint density at radius 3 is 2.11 bits per heavy atom. The van der Waals surface area contributed by atoms with Gasteiger partial charge in [-0.05, 0) is 11.1 Å². The Morgan fingerprint density at radius 1 is 1.00 bits per heavy atom. The van der Waals surface area contributed by atoms with Gasteiger partial charge in [-0.2, -0.15) is 0 Å². The molecule has 0 aliphatic rings. The predicted molar refractivity (Wildman–Crippen MR) is 101 cm³/mol. The maximum atomic E-state index is 12.2. The number of nitrogens with two attached hydrogens (primary N) is 1. The van der Waals surface area contributed by atoms with Crippen molar-refractivity contribution < 1.29 is 19.1 Å². The van der Waals surface area contributed by atoms with Gasteiger partial charge in [-0.15, -0.1) is 0 Å². The number of carbonyl (C=O) groups is 3. The molecule has 3 amide bonds. The third kappa shape index (κ3) is 6.81. The smallest absolute Gasteiger partial charge is 0.410 e. The summed E-state index contributed by atoms with van der Waals surface area (Å²) < 4.78 is 5.15. The Kier molecular flexibility index (Phi) is 7.37. The van der Waals surface area contributed by atoms with E-state index in [0.29, 0.717) is 0 Å². The Hall–Kier alpha value is -3.35. The van der Waals surface area contributed by atoms with E-state index in [9.17, 15) is 14.4 Å². The summed E-state index contributed by atoms with van der Waals surface area (Å²) in [5, 5.41) is 2.56. The first-order valence-corrected chi connectivity index (χ1v) is 8.50. The van der Waals surface area contributed by atoms with Crippen molar-refractivity contribution in [2.75, 3.05) is 13.6 Å². The van der Waals surface area contributed by atoms with Crippen LogP contribution in [0.15, 0.2) is 60.7 Å². The molecule has 0 aromatic heterocycles. The molecular weight excluding hydrogens is 346 g/mol. The minimum absolute atomic E-state index is 0.115. The summed E-state index contributed by atoms with van der Waals surface area (Å²) >= 11 is 0. The van der Waals surface area contributed by atoms with Gasteiger partial charge in [-0.25, -0.2) is 4.79 Å².